The summed E-state index contributed by atoms with van der Waals surface area (Å²) in [5.41, 5.74) is 3.29. The number of aryl methyl sites for hydroxylation is 1. The van der Waals surface area contributed by atoms with Crippen molar-refractivity contribution in [1.82, 2.24) is 34.6 Å². The van der Waals surface area contributed by atoms with E-state index in [4.69, 9.17) is 4.74 Å². The van der Waals surface area contributed by atoms with Gasteiger partial charge in [-0.1, -0.05) is 13.8 Å². The van der Waals surface area contributed by atoms with E-state index in [2.05, 4.69) is 44.5 Å². The molecule has 29 heavy (non-hydrogen) atoms. The Morgan fingerprint density at radius 1 is 1.17 bits per heavy atom. The van der Waals surface area contributed by atoms with Gasteiger partial charge in [0.25, 0.3) is 0 Å². The van der Waals surface area contributed by atoms with Crippen molar-refractivity contribution in [3.63, 3.8) is 0 Å². The van der Waals surface area contributed by atoms with Crippen molar-refractivity contribution >= 4 is 11.3 Å². The van der Waals surface area contributed by atoms with Crippen LogP contribution < -0.4 is 10.1 Å². The summed E-state index contributed by atoms with van der Waals surface area (Å²) in [4.78, 5) is 4.45. The van der Waals surface area contributed by atoms with Crippen LogP contribution in [0.5, 0.6) is 5.75 Å². The van der Waals surface area contributed by atoms with Crippen LogP contribution in [0.25, 0.3) is 16.9 Å². The van der Waals surface area contributed by atoms with E-state index in [1.165, 1.54) is 0 Å². The summed E-state index contributed by atoms with van der Waals surface area (Å²) >= 11 is 0. The topological polar surface area (TPSA) is 95.0 Å². The molecule has 4 aromatic rings. The van der Waals surface area contributed by atoms with Crippen LogP contribution in [0.1, 0.15) is 32.1 Å². The lowest BCUT2D eigenvalue weighted by molar-refractivity contribution is 0.415. The van der Waals surface area contributed by atoms with E-state index >= 15 is 0 Å². The second kappa shape index (κ2) is 7.86. The van der Waals surface area contributed by atoms with E-state index in [0.29, 0.717) is 11.6 Å². The van der Waals surface area contributed by atoms with Crippen molar-refractivity contribution in [2.45, 2.75) is 26.3 Å². The van der Waals surface area contributed by atoms with Gasteiger partial charge < -0.3 is 10.1 Å². The van der Waals surface area contributed by atoms with Gasteiger partial charge in [0.05, 0.1) is 24.5 Å². The van der Waals surface area contributed by atoms with Gasteiger partial charge in [-0.15, -0.1) is 10.2 Å². The summed E-state index contributed by atoms with van der Waals surface area (Å²) in [6, 6.07) is 9.78. The maximum absolute atomic E-state index is 5.26. The van der Waals surface area contributed by atoms with Gasteiger partial charge in [-0.2, -0.15) is 14.7 Å². The standard InChI is InChI=1S/C20H24N8O/c1-13(2)9-17(19-21-11-23-27(19)3)24-18-10-16(26-28-12-22-25-20(18)28)14-5-7-15(29-4)8-6-14/h5-8,10-13,17,24H,9H2,1-4H3. The maximum atomic E-state index is 5.26. The van der Waals surface area contributed by atoms with Gasteiger partial charge in [0.2, 0.25) is 5.65 Å². The first kappa shape index (κ1) is 18.9. The molecule has 0 amide bonds. The quantitative estimate of drug-likeness (QED) is 0.516. The summed E-state index contributed by atoms with van der Waals surface area (Å²) in [5, 5.41) is 20.8. The zero-order chi connectivity index (χ0) is 20.4. The van der Waals surface area contributed by atoms with Crippen LogP contribution >= 0.6 is 0 Å². The molecular formula is C20H24N8O. The van der Waals surface area contributed by atoms with Crippen LogP contribution in [-0.2, 0) is 7.05 Å². The highest BCUT2D eigenvalue weighted by molar-refractivity contribution is 5.73. The van der Waals surface area contributed by atoms with Gasteiger partial charge in [0.15, 0.2) is 0 Å². The number of anilines is 1. The van der Waals surface area contributed by atoms with Crippen molar-refractivity contribution in [2.75, 3.05) is 12.4 Å². The van der Waals surface area contributed by atoms with Crippen molar-refractivity contribution < 1.29 is 4.74 Å². The predicted molar refractivity (Wildman–Crippen MR) is 110 cm³/mol. The van der Waals surface area contributed by atoms with Gasteiger partial charge in [0.1, 0.15) is 24.2 Å². The van der Waals surface area contributed by atoms with E-state index in [1.54, 1.807) is 29.0 Å². The molecule has 4 rings (SSSR count). The number of rotatable bonds is 7. The molecule has 1 aromatic carbocycles. The second-order valence-corrected chi connectivity index (χ2v) is 7.34. The summed E-state index contributed by atoms with van der Waals surface area (Å²) < 4.78 is 8.74. The molecule has 1 unspecified atom stereocenters. The minimum Gasteiger partial charge on any atom is -0.497 e. The molecule has 9 nitrogen and oxygen atoms in total. The third kappa shape index (κ3) is 3.89. The Labute approximate surface area is 168 Å². The molecule has 3 heterocycles. The Bertz CT molecular complexity index is 1100. The normalized spacial score (nSPS) is 12.4. The molecular weight excluding hydrogens is 368 g/mol. The average Bonchev–Trinajstić information content (AvgIpc) is 3.36. The zero-order valence-electron chi connectivity index (χ0n) is 16.9. The Morgan fingerprint density at radius 3 is 2.62 bits per heavy atom. The van der Waals surface area contributed by atoms with E-state index in [0.717, 1.165) is 34.9 Å². The first-order valence-corrected chi connectivity index (χ1v) is 9.51. The number of hydrogen-bond donors (Lipinski definition) is 1. The molecule has 0 aliphatic heterocycles. The summed E-state index contributed by atoms with van der Waals surface area (Å²) in [7, 11) is 3.55. The van der Waals surface area contributed by atoms with E-state index in [9.17, 15) is 0 Å². The molecule has 3 aromatic heterocycles. The fourth-order valence-corrected chi connectivity index (χ4v) is 3.34. The summed E-state index contributed by atoms with van der Waals surface area (Å²) in [6.45, 7) is 4.38. The molecule has 0 spiro atoms. The number of nitrogens with zero attached hydrogens (tertiary/aromatic N) is 7. The van der Waals surface area contributed by atoms with Crippen LogP contribution in [0.4, 0.5) is 5.69 Å². The molecule has 150 valence electrons. The Kier molecular flexibility index (Phi) is 5.11. The van der Waals surface area contributed by atoms with Gasteiger partial charge >= 0.3 is 0 Å². The fourth-order valence-electron chi connectivity index (χ4n) is 3.34. The number of hydrogen-bond acceptors (Lipinski definition) is 7. The average molecular weight is 392 g/mol. The second-order valence-electron chi connectivity index (χ2n) is 7.34. The number of nitrogens with one attached hydrogen (secondary N) is 1. The third-order valence-corrected chi connectivity index (χ3v) is 4.75. The molecule has 0 fully saturated rings. The zero-order valence-corrected chi connectivity index (χ0v) is 16.9. The molecule has 0 radical (unpaired) electrons. The van der Waals surface area contributed by atoms with Gasteiger partial charge in [-0.05, 0) is 42.7 Å². The number of methoxy groups -OCH3 is 1. The van der Waals surface area contributed by atoms with E-state index < -0.39 is 0 Å². The minimum atomic E-state index is -0.0193. The predicted octanol–water partition coefficient (Wildman–Crippen LogP) is 3.13. The molecule has 0 bridgehead atoms. The Balaban J connectivity index is 1.75. The number of aromatic nitrogens is 7. The molecule has 0 saturated carbocycles. The first-order chi connectivity index (χ1) is 14.0. The van der Waals surface area contributed by atoms with Crippen molar-refractivity contribution in [3.8, 4) is 17.0 Å². The monoisotopic (exact) mass is 392 g/mol. The summed E-state index contributed by atoms with van der Waals surface area (Å²) in [5.74, 6) is 2.15. The molecule has 9 heteroatoms. The van der Waals surface area contributed by atoms with E-state index in [1.807, 2.05) is 37.4 Å². The Morgan fingerprint density at radius 2 is 1.97 bits per heavy atom. The first-order valence-electron chi connectivity index (χ1n) is 9.51. The lowest BCUT2D eigenvalue weighted by Gasteiger charge is -2.21. The highest BCUT2D eigenvalue weighted by atomic mass is 16.5. The SMILES string of the molecule is COc1ccc(-c2cc(NC(CC(C)C)c3ncnn3C)c3nncn3n2)cc1. The Hall–Kier alpha value is -3.49. The fraction of sp³-hybridized carbons (Fsp3) is 0.350. The molecule has 1 atom stereocenters. The van der Waals surface area contributed by atoms with Crippen molar-refractivity contribution in [2.24, 2.45) is 13.0 Å². The smallest absolute Gasteiger partial charge is 0.200 e. The van der Waals surface area contributed by atoms with Crippen LogP contribution in [0, 0.1) is 5.92 Å². The molecule has 0 saturated heterocycles. The lowest BCUT2D eigenvalue weighted by atomic mass is 10.0. The van der Waals surface area contributed by atoms with E-state index in [-0.39, 0.29) is 6.04 Å². The number of benzene rings is 1. The van der Waals surface area contributed by atoms with Crippen LogP contribution in [0.15, 0.2) is 43.0 Å². The number of ether oxygens (including phenoxy) is 1. The molecule has 1 N–H and O–H groups in total. The van der Waals surface area contributed by atoms with Gasteiger partial charge in [0, 0.05) is 12.6 Å². The largest absolute Gasteiger partial charge is 0.497 e. The number of fused-ring (bicyclic) bond motifs is 1. The lowest BCUT2D eigenvalue weighted by Crippen LogP contribution is -2.18. The van der Waals surface area contributed by atoms with Crippen LogP contribution in [0.2, 0.25) is 0 Å². The maximum Gasteiger partial charge on any atom is 0.200 e. The van der Waals surface area contributed by atoms with Crippen molar-refractivity contribution in [3.05, 3.63) is 48.8 Å². The highest BCUT2D eigenvalue weighted by Gasteiger charge is 2.21. The van der Waals surface area contributed by atoms with Crippen LogP contribution in [-0.4, -0.2) is 41.7 Å². The van der Waals surface area contributed by atoms with Gasteiger partial charge in [-0.3, -0.25) is 4.68 Å². The molecule has 0 aliphatic carbocycles. The third-order valence-electron chi connectivity index (χ3n) is 4.75. The summed E-state index contributed by atoms with van der Waals surface area (Å²) in [6.07, 6.45) is 4.08. The van der Waals surface area contributed by atoms with Crippen molar-refractivity contribution in [1.29, 1.82) is 0 Å². The van der Waals surface area contributed by atoms with Gasteiger partial charge in [-0.25, -0.2) is 4.98 Å². The minimum absolute atomic E-state index is 0.0193. The molecule has 0 aliphatic rings. The highest BCUT2D eigenvalue weighted by Crippen LogP contribution is 2.29. The van der Waals surface area contributed by atoms with Crippen LogP contribution in [0.3, 0.4) is 0 Å².